The molecule has 0 spiro atoms. The predicted octanol–water partition coefficient (Wildman–Crippen LogP) is 5.11. The van der Waals surface area contributed by atoms with E-state index >= 15 is 0 Å². The Balaban J connectivity index is 1.49. The molecule has 1 fully saturated rings. The molecule has 1 saturated heterocycles. The maximum absolute atomic E-state index is 13.8. The van der Waals surface area contributed by atoms with E-state index in [1.807, 2.05) is 58.9 Å². The van der Waals surface area contributed by atoms with Crippen molar-refractivity contribution in [3.05, 3.63) is 76.3 Å². The molecule has 0 aromatic heterocycles. The molecule has 1 unspecified atom stereocenters. The number of carbonyl (C=O) groups excluding carboxylic acids is 6. The number of ketones is 1. The van der Waals surface area contributed by atoms with Crippen molar-refractivity contribution >= 4 is 47.0 Å². The smallest absolute Gasteiger partial charge is 0.347 e. The van der Waals surface area contributed by atoms with Crippen LogP contribution in [0.1, 0.15) is 97.4 Å². The summed E-state index contributed by atoms with van der Waals surface area (Å²) in [7, 11) is 1.50. The normalized spacial score (nSPS) is 24.4. The summed E-state index contributed by atoms with van der Waals surface area (Å²) in [5.41, 5.74) is 7.19. The van der Waals surface area contributed by atoms with Crippen LogP contribution in [0.2, 0.25) is 5.02 Å². The van der Waals surface area contributed by atoms with Crippen molar-refractivity contribution in [2.24, 2.45) is 28.9 Å². The van der Waals surface area contributed by atoms with Crippen LogP contribution < -0.4 is 26.4 Å². The van der Waals surface area contributed by atoms with Crippen LogP contribution in [-0.4, -0.2) is 85.5 Å². The Bertz CT molecular complexity index is 1920. The Morgan fingerprint density at radius 1 is 0.984 bits per heavy atom. The zero-order chi connectivity index (χ0) is 45.2. The van der Waals surface area contributed by atoms with Gasteiger partial charge in [0, 0.05) is 31.7 Å². The Morgan fingerprint density at radius 2 is 1.66 bits per heavy atom. The lowest BCUT2D eigenvalue weighted by Crippen LogP contribution is -2.51. The summed E-state index contributed by atoms with van der Waals surface area (Å²) in [5, 5.41) is 8.60. The first kappa shape index (κ1) is 48.9. The number of cyclic esters (lactones) is 2. The van der Waals surface area contributed by atoms with Gasteiger partial charge in [-0.3, -0.25) is 24.0 Å². The van der Waals surface area contributed by atoms with Gasteiger partial charge in [0.05, 0.1) is 35.7 Å². The van der Waals surface area contributed by atoms with E-state index in [-0.39, 0.29) is 73.9 Å². The molecule has 0 aliphatic carbocycles. The number of esters is 2. The van der Waals surface area contributed by atoms with E-state index < -0.39 is 59.5 Å². The lowest BCUT2D eigenvalue weighted by Gasteiger charge is -2.29. The highest BCUT2D eigenvalue weighted by molar-refractivity contribution is 6.32. The van der Waals surface area contributed by atoms with Crippen molar-refractivity contribution < 1.29 is 47.7 Å². The van der Waals surface area contributed by atoms with Crippen molar-refractivity contribution in [2.45, 2.75) is 130 Å². The number of amides is 3. The Labute approximate surface area is 364 Å². The van der Waals surface area contributed by atoms with Crippen molar-refractivity contribution in [1.29, 1.82) is 0 Å². The number of carbonyl (C=O) groups is 6. The molecule has 4 rings (SSSR count). The summed E-state index contributed by atoms with van der Waals surface area (Å²) in [6.45, 7) is 14.1. The van der Waals surface area contributed by atoms with Crippen molar-refractivity contribution in [2.75, 3.05) is 13.7 Å². The number of benzene rings is 2. The first-order valence-electron chi connectivity index (χ1n) is 21.0. The fourth-order valence-corrected chi connectivity index (χ4v) is 7.15. The molecule has 2 aliphatic heterocycles. The second-order valence-corrected chi connectivity index (χ2v) is 18.0. The SMILES string of the molecule is COc1ccc(CC2NC(=O)/C=C/C[C@@H]([C@H](C)[C@H]3O[C@@H]3c3ccc(CCC(=O)[C@H](C)NC(=O)[C@@H](N)C(C)C)cc3)OC(=O)[C@H](CC(C)C)OC(=O)C(C)(C)CNC2=O)cc1Cl. The van der Waals surface area contributed by atoms with E-state index in [4.69, 9.17) is 36.3 Å². The maximum Gasteiger partial charge on any atom is 0.347 e. The van der Waals surface area contributed by atoms with Crippen LogP contribution in [-0.2, 0) is 55.8 Å². The first-order chi connectivity index (χ1) is 28.7. The van der Waals surface area contributed by atoms with E-state index in [0.29, 0.717) is 22.8 Å². The van der Waals surface area contributed by atoms with E-state index in [1.54, 1.807) is 45.0 Å². The van der Waals surface area contributed by atoms with Gasteiger partial charge in [0.15, 0.2) is 11.9 Å². The number of nitrogens with one attached hydrogen (secondary N) is 3. The highest BCUT2D eigenvalue weighted by Gasteiger charge is 2.48. The number of hydrogen-bond donors (Lipinski definition) is 4. The molecule has 61 heavy (non-hydrogen) atoms. The zero-order valence-electron chi connectivity index (χ0n) is 36.8. The first-order valence-corrected chi connectivity index (χ1v) is 21.4. The fraction of sp³-hybridized carbons (Fsp3) is 0.565. The standard InChI is InChI=1S/C46H63ClN4O10/c1-25(2)21-37-44(56)59-35(27(5)40-41(61-40)31-17-13-29(14-18-31)15-19-34(52)28(6)50-43(55)39(48)26(3)4)11-10-12-38(53)51-33(23-30-16-20-36(58-9)32(47)22-30)42(54)49-24-46(7,8)45(57)60-37/h10,12-14,16-18,20,22,25-28,33,35,37,39-41H,11,15,19,21,23-24,48H2,1-9H3,(H,49,54)(H,50,55)(H,51,53)/b12-10+/t27-,28-,33?,35-,37-,39-,40+,41+/m0/s1. The minimum Gasteiger partial charge on any atom is -0.495 e. The van der Waals surface area contributed by atoms with E-state index in [2.05, 4.69) is 16.0 Å². The summed E-state index contributed by atoms with van der Waals surface area (Å²) < 4.78 is 23.4. The number of halogens is 1. The number of Topliss-reactive ketones (excluding diaryl/α,β-unsaturated/α-hetero) is 1. The van der Waals surface area contributed by atoms with E-state index in [9.17, 15) is 28.8 Å². The quantitative estimate of drug-likeness (QED) is 0.137. The van der Waals surface area contributed by atoms with E-state index in [1.165, 1.54) is 13.2 Å². The summed E-state index contributed by atoms with van der Waals surface area (Å²) >= 11 is 6.35. The van der Waals surface area contributed by atoms with Gasteiger partial charge in [0.2, 0.25) is 17.7 Å². The third kappa shape index (κ3) is 14.1. The van der Waals surface area contributed by atoms with Gasteiger partial charge in [-0.2, -0.15) is 0 Å². The molecule has 3 amide bonds. The third-order valence-electron chi connectivity index (χ3n) is 11.1. The van der Waals surface area contributed by atoms with Gasteiger partial charge in [-0.25, -0.2) is 4.79 Å². The number of aryl methyl sites for hydroxylation is 1. The Kier molecular flexibility index (Phi) is 17.5. The molecule has 2 aromatic carbocycles. The van der Waals surface area contributed by atoms with Gasteiger partial charge in [0.1, 0.15) is 24.0 Å². The predicted molar refractivity (Wildman–Crippen MR) is 230 cm³/mol. The van der Waals surface area contributed by atoms with E-state index in [0.717, 1.165) is 11.1 Å². The van der Waals surface area contributed by atoms with Crippen LogP contribution in [0, 0.1) is 23.2 Å². The molecule has 0 bridgehead atoms. The molecule has 5 N–H and O–H groups in total. The van der Waals surface area contributed by atoms with Crippen LogP contribution in [0.15, 0.2) is 54.6 Å². The maximum atomic E-state index is 13.8. The number of epoxide rings is 1. The molecule has 0 saturated carbocycles. The van der Waals surface area contributed by atoms with Crippen molar-refractivity contribution in [3.63, 3.8) is 0 Å². The molecule has 15 heteroatoms. The highest BCUT2D eigenvalue weighted by Crippen LogP contribution is 2.45. The van der Waals surface area contributed by atoms with Crippen molar-refractivity contribution in [1.82, 2.24) is 16.0 Å². The highest BCUT2D eigenvalue weighted by atomic mass is 35.5. The minimum atomic E-state index is -1.25. The van der Waals surface area contributed by atoms with Crippen LogP contribution in [0.3, 0.4) is 0 Å². The largest absolute Gasteiger partial charge is 0.495 e. The zero-order valence-corrected chi connectivity index (χ0v) is 37.5. The van der Waals surface area contributed by atoms with Crippen LogP contribution in [0.25, 0.3) is 0 Å². The molecule has 0 radical (unpaired) electrons. The van der Waals surface area contributed by atoms with Gasteiger partial charge >= 0.3 is 11.9 Å². The average molecular weight is 867 g/mol. The van der Waals surface area contributed by atoms with Gasteiger partial charge in [-0.15, -0.1) is 0 Å². The molecule has 8 atom stereocenters. The number of rotatable bonds is 15. The summed E-state index contributed by atoms with van der Waals surface area (Å²) in [6.07, 6.45) is 1.43. The number of hydrogen-bond acceptors (Lipinski definition) is 11. The van der Waals surface area contributed by atoms with Crippen LogP contribution >= 0.6 is 11.6 Å². The lowest BCUT2D eigenvalue weighted by atomic mass is 9.92. The van der Waals surface area contributed by atoms with Crippen LogP contribution in [0.5, 0.6) is 5.75 Å². The van der Waals surface area contributed by atoms with Gasteiger partial charge in [-0.05, 0) is 80.3 Å². The van der Waals surface area contributed by atoms with Crippen molar-refractivity contribution in [3.8, 4) is 5.75 Å². The number of ether oxygens (including phenoxy) is 4. The molecular weight excluding hydrogens is 804 g/mol. The monoisotopic (exact) mass is 866 g/mol. The molecular formula is C46H63ClN4O10. The summed E-state index contributed by atoms with van der Waals surface area (Å²) in [5.74, 6) is -2.89. The average Bonchev–Trinajstić information content (AvgIpc) is 4.01. The second kappa shape index (κ2) is 21.8. The van der Waals surface area contributed by atoms with Gasteiger partial charge < -0.3 is 40.6 Å². The third-order valence-corrected chi connectivity index (χ3v) is 11.4. The summed E-state index contributed by atoms with van der Waals surface area (Å²) in [6, 6.07) is 10.4. The Morgan fingerprint density at radius 3 is 2.28 bits per heavy atom. The molecule has 2 aliphatic rings. The van der Waals surface area contributed by atoms with Crippen LogP contribution in [0.4, 0.5) is 0 Å². The second-order valence-electron chi connectivity index (χ2n) is 17.6. The number of methoxy groups -OCH3 is 1. The van der Waals surface area contributed by atoms with Gasteiger partial charge in [-0.1, -0.05) is 82.6 Å². The molecule has 334 valence electrons. The molecule has 2 aromatic rings. The number of nitrogens with two attached hydrogens (primary N) is 1. The molecule has 14 nitrogen and oxygen atoms in total. The van der Waals surface area contributed by atoms with Gasteiger partial charge in [0.25, 0.3) is 0 Å². The fourth-order valence-electron chi connectivity index (χ4n) is 6.87. The Hall–Kier alpha value is -4.79. The lowest BCUT2D eigenvalue weighted by molar-refractivity contribution is -0.179. The molecule has 2 heterocycles. The summed E-state index contributed by atoms with van der Waals surface area (Å²) in [4.78, 5) is 79.4. The topological polar surface area (TPSA) is 205 Å². The minimum absolute atomic E-state index is 0.0272.